The molecule has 414 valence electrons. The van der Waals surface area contributed by atoms with Crippen LogP contribution in [0, 0.1) is 23.2 Å². The Balaban J connectivity index is 0.689. The predicted octanol–water partition coefficient (Wildman–Crippen LogP) is 9.12. The van der Waals surface area contributed by atoms with Crippen molar-refractivity contribution in [1.29, 1.82) is 0 Å². The Labute approximate surface area is 464 Å². The van der Waals surface area contributed by atoms with Gasteiger partial charge >= 0.3 is 0 Å². The molecule has 0 aromatic heterocycles. The second-order valence-corrected chi connectivity index (χ2v) is 26.9. The van der Waals surface area contributed by atoms with Crippen molar-refractivity contribution in [1.82, 2.24) is 24.7 Å². The molecule has 4 aromatic carbocycles. The number of rotatable bonds is 22. The van der Waals surface area contributed by atoms with Gasteiger partial charge in [-0.2, -0.15) is 0 Å². The number of imide groups is 2. The molecule has 4 aliphatic carbocycles. The van der Waals surface area contributed by atoms with Gasteiger partial charge in [-0.25, -0.2) is 13.1 Å². The summed E-state index contributed by atoms with van der Waals surface area (Å²) >= 11 is 1.76. The number of aryl methyl sites for hydroxylation is 1. The van der Waals surface area contributed by atoms with E-state index in [1.165, 1.54) is 38.5 Å². The first-order valence-corrected chi connectivity index (χ1v) is 30.4. The highest BCUT2D eigenvalue weighted by molar-refractivity contribution is 7.99. The van der Waals surface area contributed by atoms with Gasteiger partial charge in [0.25, 0.3) is 27.7 Å². The molecule has 4 N–H and O–H groups in total. The topological polar surface area (TPSA) is 181 Å². The molecule has 11 rings (SSSR count). The van der Waals surface area contributed by atoms with Crippen LogP contribution >= 0.6 is 11.8 Å². The molecule has 5 fully saturated rings. The molecule has 15 nitrogen and oxygen atoms in total. The Hall–Kier alpha value is -6.01. The smallest absolute Gasteiger partial charge is 0.264 e. The number of sulfonamides is 1. The average Bonchev–Trinajstić information content (AvgIpc) is 2.68. The van der Waals surface area contributed by atoms with Crippen molar-refractivity contribution >= 4 is 68.4 Å². The van der Waals surface area contributed by atoms with E-state index in [1.807, 2.05) is 37.3 Å². The number of amides is 5. The Morgan fingerprint density at radius 2 is 1.59 bits per heavy atom. The first kappa shape index (κ1) is 55.3. The van der Waals surface area contributed by atoms with Crippen molar-refractivity contribution in [3.8, 4) is 0 Å². The van der Waals surface area contributed by atoms with Gasteiger partial charge in [-0.1, -0.05) is 56.2 Å². The summed E-state index contributed by atoms with van der Waals surface area (Å²) in [7, 11) is -2.08. The fourth-order valence-electron chi connectivity index (χ4n) is 13.2. The van der Waals surface area contributed by atoms with E-state index < -0.39 is 45.6 Å². The number of hydrogen-bond donors (Lipinski definition) is 4. The summed E-state index contributed by atoms with van der Waals surface area (Å²) in [5.74, 6) is -2.02. The van der Waals surface area contributed by atoms with Gasteiger partial charge < -0.3 is 20.4 Å². The number of thioether (sulfide) groups is 1. The zero-order valence-corrected chi connectivity index (χ0v) is 47.6. The molecule has 2 bridgehead atoms. The van der Waals surface area contributed by atoms with Gasteiger partial charge in [0.2, 0.25) is 11.8 Å². The molecule has 3 aliphatic heterocycles. The van der Waals surface area contributed by atoms with Crippen molar-refractivity contribution in [2.24, 2.45) is 16.2 Å². The number of carbonyl (C=O) groups is 5. The third-order valence-electron chi connectivity index (χ3n) is 17.3. The lowest BCUT2D eigenvalue weighted by atomic mass is 9.33. The number of unbranched alkanes of at least 4 members (excludes halogenated alkanes) is 1. The van der Waals surface area contributed by atoms with Gasteiger partial charge in [-0.15, -0.1) is 11.8 Å². The lowest BCUT2D eigenvalue weighted by Gasteiger charge is -2.72. The molecular formula is C61H76N8O7S2. The van der Waals surface area contributed by atoms with E-state index >= 15 is 0 Å². The molecule has 17 heteroatoms. The number of nitrogens with one attached hydrogen (secondary N) is 4. The minimum atomic E-state index is -4.17. The van der Waals surface area contributed by atoms with Crippen LogP contribution in [0.25, 0.3) is 0 Å². The van der Waals surface area contributed by atoms with Gasteiger partial charge in [0.15, 0.2) is 0 Å². The monoisotopic (exact) mass is 1100 g/mol. The first-order valence-electron chi connectivity index (χ1n) is 28.0. The minimum Gasteiger partial charge on any atom is -0.384 e. The van der Waals surface area contributed by atoms with Crippen molar-refractivity contribution in [3.63, 3.8) is 0 Å². The van der Waals surface area contributed by atoms with E-state index in [9.17, 15) is 32.4 Å². The summed E-state index contributed by atoms with van der Waals surface area (Å²) in [6, 6.07) is 26.5. The van der Waals surface area contributed by atoms with Crippen LogP contribution in [0.15, 0.2) is 112 Å². The van der Waals surface area contributed by atoms with E-state index in [0.29, 0.717) is 28.5 Å². The second-order valence-electron chi connectivity index (χ2n) is 24.1. The molecule has 1 unspecified atom stereocenters. The predicted molar refractivity (Wildman–Crippen MR) is 308 cm³/mol. The molecule has 78 heavy (non-hydrogen) atoms. The first-order chi connectivity index (χ1) is 37.3. The number of fused-ring (bicyclic) bond motifs is 1. The van der Waals surface area contributed by atoms with E-state index in [2.05, 4.69) is 75.3 Å². The number of benzene rings is 4. The van der Waals surface area contributed by atoms with Crippen LogP contribution < -0.4 is 25.6 Å². The van der Waals surface area contributed by atoms with Gasteiger partial charge in [0, 0.05) is 85.0 Å². The molecule has 7 aliphatic rings. The summed E-state index contributed by atoms with van der Waals surface area (Å²) < 4.78 is 29.7. The Kier molecular flexibility index (Phi) is 16.0. The van der Waals surface area contributed by atoms with E-state index in [4.69, 9.17) is 0 Å². The van der Waals surface area contributed by atoms with Crippen LogP contribution in [0.3, 0.4) is 0 Å². The third-order valence-corrected chi connectivity index (χ3v) is 19.8. The van der Waals surface area contributed by atoms with E-state index in [0.717, 1.165) is 97.6 Å². The van der Waals surface area contributed by atoms with E-state index in [1.54, 1.807) is 71.4 Å². The van der Waals surface area contributed by atoms with Gasteiger partial charge in [-0.3, -0.25) is 39.1 Å². The van der Waals surface area contributed by atoms with Crippen LogP contribution in [0.4, 0.5) is 17.1 Å². The SMILES string of the molecule is Cc1cc(S(=O)(=O)NC(=O)c2ccc(N3CCN(CC4=C(C56CC(C)(C5)C6)CC(C)(C)CC4)CC3)cc2)ccc1N[C@H](CCN(C)CCCCNc1cccc2c1C(=O)N(C1CCC(=O)NC1=O)C2=O)CSc1ccccc1. The molecular weight excluding hydrogens is 1020 g/mol. The molecule has 0 spiro atoms. The van der Waals surface area contributed by atoms with Crippen LogP contribution in [0.5, 0.6) is 0 Å². The summed E-state index contributed by atoms with van der Waals surface area (Å²) in [6.45, 7) is 16.3. The van der Waals surface area contributed by atoms with Crippen molar-refractivity contribution in [3.05, 3.63) is 124 Å². The fourth-order valence-corrected chi connectivity index (χ4v) is 15.2. The fraction of sp³-hybridized carbons (Fsp3) is 0.492. The summed E-state index contributed by atoms with van der Waals surface area (Å²) in [5.41, 5.74) is 8.92. The molecule has 3 heterocycles. The van der Waals surface area contributed by atoms with Crippen molar-refractivity contribution in [2.45, 2.75) is 120 Å². The third kappa shape index (κ3) is 12.1. The summed E-state index contributed by atoms with van der Waals surface area (Å²) in [4.78, 5) is 74.0. The summed E-state index contributed by atoms with van der Waals surface area (Å²) in [5, 5.41) is 9.28. The standard InChI is InChI=1S/C61H76N8O7S2/c1-41-34-47(78(75,76)65-55(71)42-16-18-45(19-17-42)68-32-30-67(31-33-68)36-43-24-26-59(2,3)35-49(43)61-38-60(4,39-61)40-61)20-21-50(41)63-44(37-77-46-12-7-6-8-13-46)25-29-66(5)28-10-9-27-62-51-15-11-14-48-54(51)58(74)69(57(48)73)52-22-23-53(70)64-56(52)72/h6-8,11-21,34,44,52,62-63H,9-10,22-33,35-40H2,1-5H3,(H,65,71)(H,64,70,72)/t44-,52?,60?,61?/m1/s1. The maximum absolute atomic E-state index is 13.7. The molecule has 2 atom stereocenters. The largest absolute Gasteiger partial charge is 0.384 e. The van der Waals surface area contributed by atoms with Crippen LogP contribution in [-0.2, 0) is 19.6 Å². The zero-order valence-electron chi connectivity index (χ0n) is 45.9. The average molecular weight is 1100 g/mol. The van der Waals surface area contributed by atoms with Gasteiger partial charge in [0.05, 0.1) is 16.0 Å². The van der Waals surface area contributed by atoms with E-state index in [-0.39, 0.29) is 40.5 Å². The molecule has 5 amide bonds. The lowest BCUT2D eigenvalue weighted by Crippen LogP contribution is -2.61. The number of hydrogen-bond acceptors (Lipinski definition) is 13. The number of allylic oxidation sites excluding steroid dienone is 1. The normalized spacial score (nSPS) is 23.4. The number of anilines is 3. The molecule has 3 saturated carbocycles. The van der Waals surface area contributed by atoms with Crippen molar-refractivity contribution in [2.75, 3.05) is 80.7 Å². The Bertz CT molecular complexity index is 3080. The number of nitrogens with zero attached hydrogens (tertiary/aromatic N) is 4. The van der Waals surface area contributed by atoms with Crippen LogP contribution in [0.2, 0.25) is 0 Å². The molecule has 4 aromatic rings. The quantitative estimate of drug-likeness (QED) is 0.0254. The summed E-state index contributed by atoms with van der Waals surface area (Å²) in [6.07, 6.45) is 10.5. The highest BCUT2D eigenvalue weighted by Gasteiger charge is 2.67. The Morgan fingerprint density at radius 1 is 0.846 bits per heavy atom. The molecule has 0 radical (unpaired) electrons. The van der Waals surface area contributed by atoms with Crippen molar-refractivity contribution < 1.29 is 32.4 Å². The minimum absolute atomic E-state index is 0.0158. The second kappa shape index (κ2) is 22.6. The maximum atomic E-state index is 13.7. The lowest BCUT2D eigenvalue weighted by molar-refractivity contribution is -0.167. The van der Waals surface area contributed by atoms with Crippen LogP contribution in [-0.4, -0.2) is 130 Å². The maximum Gasteiger partial charge on any atom is 0.264 e. The Morgan fingerprint density at radius 3 is 2.29 bits per heavy atom. The van der Waals surface area contributed by atoms with Crippen LogP contribution in [0.1, 0.15) is 128 Å². The number of piperidine rings is 1. The zero-order chi connectivity index (χ0) is 55.0. The number of carbonyl (C=O) groups excluding carboxylic acids is 5. The van der Waals surface area contributed by atoms with Gasteiger partial charge in [0.1, 0.15) is 6.04 Å². The number of piperazine rings is 1. The highest BCUT2D eigenvalue weighted by Crippen LogP contribution is 2.77. The molecule has 2 saturated heterocycles. The van der Waals surface area contributed by atoms with Gasteiger partial charge in [-0.05, 0) is 180 Å². The highest BCUT2D eigenvalue weighted by atomic mass is 32.2.